The van der Waals surface area contributed by atoms with E-state index >= 15 is 0 Å². The first-order chi connectivity index (χ1) is 5.72. The molecule has 0 aliphatic carbocycles. The number of thioether (sulfide) groups is 1. The molecule has 12 heavy (non-hydrogen) atoms. The maximum absolute atomic E-state index is 10.3. The van der Waals surface area contributed by atoms with Gasteiger partial charge < -0.3 is 9.84 Å². The van der Waals surface area contributed by atoms with Gasteiger partial charge in [-0.05, 0) is 30.0 Å². The van der Waals surface area contributed by atoms with Crippen LogP contribution in [-0.2, 0) is 0 Å². The number of hydrogen-bond donors (Lipinski definition) is 1. The third kappa shape index (κ3) is 2.47. The third-order valence-corrected chi connectivity index (χ3v) is 1.91. The van der Waals surface area contributed by atoms with Gasteiger partial charge in [0.25, 0.3) is 0 Å². The maximum Gasteiger partial charge on any atom is 0.369 e. The zero-order valence-electron chi connectivity index (χ0n) is 6.48. The van der Waals surface area contributed by atoms with E-state index in [0.29, 0.717) is 10.6 Å². The van der Waals surface area contributed by atoms with Crippen molar-refractivity contribution in [1.82, 2.24) is 0 Å². The molecule has 0 amide bonds. The van der Waals surface area contributed by atoms with Gasteiger partial charge >= 0.3 is 5.30 Å². The van der Waals surface area contributed by atoms with Gasteiger partial charge in [-0.1, -0.05) is 6.07 Å². The van der Waals surface area contributed by atoms with E-state index in [1.807, 2.05) is 0 Å². The molecule has 0 saturated carbocycles. The van der Waals surface area contributed by atoms with Gasteiger partial charge in [0, 0.05) is 4.90 Å². The predicted molar refractivity (Wildman–Crippen MR) is 46.9 cm³/mol. The largest absolute Gasteiger partial charge is 0.497 e. The second kappa shape index (κ2) is 4.01. The Morgan fingerprint density at radius 1 is 1.58 bits per heavy atom. The normalized spacial score (nSPS) is 9.42. The number of carbonyl (C=O) groups is 1. The van der Waals surface area contributed by atoms with Crippen LogP contribution >= 0.6 is 11.8 Å². The summed E-state index contributed by atoms with van der Waals surface area (Å²) in [6.07, 6.45) is 0. The highest BCUT2D eigenvalue weighted by Gasteiger charge is 2.01. The lowest BCUT2D eigenvalue weighted by molar-refractivity contribution is 0.222. The molecule has 0 heterocycles. The fourth-order valence-electron chi connectivity index (χ4n) is 0.765. The monoisotopic (exact) mass is 184 g/mol. The van der Waals surface area contributed by atoms with Crippen LogP contribution in [0.15, 0.2) is 29.2 Å². The minimum absolute atomic E-state index is 0.668. The van der Waals surface area contributed by atoms with E-state index in [9.17, 15) is 4.79 Å². The van der Waals surface area contributed by atoms with Gasteiger partial charge in [-0.15, -0.1) is 0 Å². The first-order valence-electron chi connectivity index (χ1n) is 3.27. The molecule has 0 aliphatic rings. The molecule has 3 nitrogen and oxygen atoms in total. The molecular formula is C8H8O3S. The van der Waals surface area contributed by atoms with E-state index < -0.39 is 5.30 Å². The topological polar surface area (TPSA) is 46.5 Å². The summed E-state index contributed by atoms with van der Waals surface area (Å²) in [4.78, 5) is 11.0. The summed E-state index contributed by atoms with van der Waals surface area (Å²) in [7, 11) is 1.55. The van der Waals surface area contributed by atoms with Crippen LogP contribution in [0.1, 0.15) is 0 Å². The lowest BCUT2D eigenvalue weighted by Gasteiger charge is -2.00. The van der Waals surface area contributed by atoms with Crippen LogP contribution in [0, 0.1) is 0 Å². The Labute approximate surface area is 74.4 Å². The van der Waals surface area contributed by atoms with Crippen molar-refractivity contribution >= 4 is 17.1 Å². The second-order valence-electron chi connectivity index (χ2n) is 2.05. The van der Waals surface area contributed by atoms with Crippen LogP contribution < -0.4 is 4.74 Å². The van der Waals surface area contributed by atoms with Crippen molar-refractivity contribution in [3.05, 3.63) is 24.3 Å². The SMILES string of the molecule is COc1cccc(SC(=O)O)c1. The summed E-state index contributed by atoms with van der Waals surface area (Å²) < 4.78 is 4.93. The fraction of sp³-hybridized carbons (Fsp3) is 0.125. The summed E-state index contributed by atoms with van der Waals surface area (Å²) >= 11 is 0.765. The van der Waals surface area contributed by atoms with Crippen molar-refractivity contribution in [2.45, 2.75) is 4.90 Å². The van der Waals surface area contributed by atoms with Crippen molar-refractivity contribution in [3.63, 3.8) is 0 Å². The zero-order chi connectivity index (χ0) is 8.97. The van der Waals surface area contributed by atoms with Crippen molar-refractivity contribution < 1.29 is 14.6 Å². The zero-order valence-corrected chi connectivity index (χ0v) is 7.30. The Kier molecular flexibility index (Phi) is 2.99. The molecule has 4 heteroatoms. The summed E-state index contributed by atoms with van der Waals surface area (Å²) in [5, 5.41) is 7.54. The van der Waals surface area contributed by atoms with Crippen molar-refractivity contribution in [2.75, 3.05) is 7.11 Å². The molecule has 0 spiro atoms. The smallest absolute Gasteiger partial charge is 0.369 e. The minimum atomic E-state index is -0.914. The van der Waals surface area contributed by atoms with Gasteiger partial charge in [-0.2, -0.15) is 0 Å². The Balaban J connectivity index is 2.79. The van der Waals surface area contributed by atoms with Crippen LogP contribution in [0.4, 0.5) is 4.79 Å². The quantitative estimate of drug-likeness (QED) is 0.717. The fourth-order valence-corrected chi connectivity index (χ4v) is 1.29. The number of methoxy groups -OCH3 is 1. The molecule has 0 bridgehead atoms. The van der Waals surface area contributed by atoms with E-state index in [4.69, 9.17) is 9.84 Å². The molecule has 0 atom stereocenters. The second-order valence-corrected chi connectivity index (χ2v) is 3.07. The molecule has 64 valence electrons. The Morgan fingerprint density at radius 2 is 2.33 bits per heavy atom. The molecule has 1 aromatic carbocycles. The van der Waals surface area contributed by atoms with Gasteiger partial charge in [0.15, 0.2) is 0 Å². The average Bonchev–Trinajstić information content (AvgIpc) is 2.03. The number of benzene rings is 1. The minimum Gasteiger partial charge on any atom is -0.497 e. The van der Waals surface area contributed by atoms with Crippen LogP contribution in [0.3, 0.4) is 0 Å². The number of carboxylic acid groups (broad SMARTS) is 1. The van der Waals surface area contributed by atoms with Crippen molar-refractivity contribution in [3.8, 4) is 5.75 Å². The number of hydrogen-bond acceptors (Lipinski definition) is 3. The lowest BCUT2D eigenvalue weighted by atomic mass is 10.3. The summed E-state index contributed by atoms with van der Waals surface area (Å²) in [5.41, 5.74) is 0. The molecule has 0 fully saturated rings. The Bertz CT molecular complexity index is 285. The predicted octanol–water partition coefficient (Wildman–Crippen LogP) is 2.47. The molecule has 0 aliphatic heterocycles. The molecule has 0 aromatic heterocycles. The molecule has 0 unspecified atom stereocenters. The Morgan fingerprint density at radius 3 is 2.92 bits per heavy atom. The average molecular weight is 184 g/mol. The van der Waals surface area contributed by atoms with Crippen molar-refractivity contribution in [2.24, 2.45) is 0 Å². The molecule has 1 aromatic rings. The van der Waals surface area contributed by atoms with Gasteiger partial charge in [-0.25, -0.2) is 4.79 Å². The van der Waals surface area contributed by atoms with Gasteiger partial charge in [0.05, 0.1) is 7.11 Å². The van der Waals surface area contributed by atoms with E-state index in [2.05, 4.69) is 0 Å². The highest BCUT2D eigenvalue weighted by Crippen LogP contribution is 2.22. The van der Waals surface area contributed by atoms with Crippen LogP contribution in [0.25, 0.3) is 0 Å². The molecule has 0 radical (unpaired) electrons. The highest BCUT2D eigenvalue weighted by atomic mass is 32.2. The standard InChI is InChI=1S/C8H8O3S/c1-11-6-3-2-4-7(5-6)12-8(9)10/h2-5H,1H3,(H,9,10). The van der Waals surface area contributed by atoms with Crippen molar-refractivity contribution in [1.29, 1.82) is 0 Å². The summed E-state index contributed by atoms with van der Waals surface area (Å²) in [6.45, 7) is 0. The number of ether oxygens (including phenoxy) is 1. The van der Waals surface area contributed by atoms with Crippen LogP contribution in [-0.4, -0.2) is 17.5 Å². The third-order valence-electron chi connectivity index (χ3n) is 1.25. The van der Waals surface area contributed by atoms with E-state index in [-0.39, 0.29) is 0 Å². The van der Waals surface area contributed by atoms with Gasteiger partial charge in [0.1, 0.15) is 5.75 Å². The van der Waals surface area contributed by atoms with Gasteiger partial charge in [0.2, 0.25) is 0 Å². The molecule has 1 N–H and O–H groups in total. The molecule has 0 saturated heterocycles. The number of rotatable bonds is 2. The highest BCUT2D eigenvalue weighted by molar-refractivity contribution is 8.13. The maximum atomic E-state index is 10.3. The Hall–Kier alpha value is -1.16. The summed E-state index contributed by atoms with van der Waals surface area (Å²) in [5.74, 6) is 0.668. The first-order valence-corrected chi connectivity index (χ1v) is 4.09. The van der Waals surface area contributed by atoms with Crippen LogP contribution in [0.5, 0.6) is 5.75 Å². The summed E-state index contributed by atoms with van der Waals surface area (Å²) in [6, 6.07) is 6.93. The van der Waals surface area contributed by atoms with E-state index in [1.165, 1.54) is 0 Å². The van der Waals surface area contributed by atoms with Crippen LogP contribution in [0.2, 0.25) is 0 Å². The lowest BCUT2D eigenvalue weighted by Crippen LogP contribution is -1.85. The van der Waals surface area contributed by atoms with E-state index in [0.717, 1.165) is 11.8 Å². The molecule has 1 rings (SSSR count). The molecular weight excluding hydrogens is 176 g/mol. The van der Waals surface area contributed by atoms with E-state index in [1.54, 1.807) is 31.4 Å². The first kappa shape index (κ1) is 8.93. The van der Waals surface area contributed by atoms with Gasteiger partial charge in [-0.3, -0.25) is 0 Å².